The van der Waals surface area contributed by atoms with Crippen molar-refractivity contribution in [1.29, 1.82) is 0 Å². The molecule has 23 heavy (non-hydrogen) atoms. The minimum Gasteiger partial charge on any atom is -0.350 e. The number of hydrogen-bond donors (Lipinski definition) is 1. The lowest BCUT2D eigenvalue weighted by molar-refractivity contribution is 0.0566. The third kappa shape index (κ3) is 2.36. The minimum atomic E-state index is 0.169. The molecule has 0 unspecified atom stereocenters. The van der Waals surface area contributed by atoms with Crippen LogP contribution in [0.3, 0.4) is 0 Å². The van der Waals surface area contributed by atoms with Gasteiger partial charge in [-0.3, -0.25) is 9.69 Å². The Morgan fingerprint density at radius 2 is 2.00 bits per heavy atom. The molecule has 2 aromatic rings. The fourth-order valence-corrected chi connectivity index (χ4v) is 4.33. The van der Waals surface area contributed by atoms with Crippen LogP contribution < -0.4 is 0 Å². The second-order valence-electron chi connectivity index (χ2n) is 7.21. The smallest absolute Gasteiger partial charge is 0.270 e. The van der Waals surface area contributed by atoms with Crippen molar-refractivity contribution in [2.45, 2.75) is 39.7 Å². The highest BCUT2D eigenvalue weighted by Gasteiger charge is 2.33. The zero-order chi connectivity index (χ0) is 16.1. The van der Waals surface area contributed by atoms with Gasteiger partial charge < -0.3 is 9.88 Å². The fraction of sp³-hybridized carbons (Fsp3) is 0.526. The molecule has 2 saturated heterocycles. The topological polar surface area (TPSA) is 39.3 Å². The van der Waals surface area contributed by atoms with Crippen LogP contribution in [0.2, 0.25) is 0 Å². The number of fused-ring (bicyclic) bond motifs is 2. The monoisotopic (exact) mass is 311 g/mol. The van der Waals surface area contributed by atoms with E-state index < -0.39 is 0 Å². The van der Waals surface area contributed by atoms with E-state index in [0.29, 0.717) is 6.04 Å². The van der Waals surface area contributed by atoms with Crippen LogP contribution in [-0.4, -0.2) is 52.9 Å². The van der Waals surface area contributed by atoms with Gasteiger partial charge >= 0.3 is 0 Å². The highest BCUT2D eigenvalue weighted by Crippen LogP contribution is 2.28. The van der Waals surface area contributed by atoms with Crippen molar-refractivity contribution in [1.82, 2.24) is 14.8 Å². The van der Waals surface area contributed by atoms with Crippen LogP contribution in [-0.2, 0) is 0 Å². The summed E-state index contributed by atoms with van der Waals surface area (Å²) >= 11 is 0. The summed E-state index contributed by atoms with van der Waals surface area (Å²) in [4.78, 5) is 21.0. The number of benzene rings is 1. The molecule has 1 N–H and O–H groups in total. The van der Waals surface area contributed by atoms with Crippen molar-refractivity contribution in [3.63, 3.8) is 0 Å². The van der Waals surface area contributed by atoms with Crippen molar-refractivity contribution in [2.75, 3.05) is 26.2 Å². The van der Waals surface area contributed by atoms with Gasteiger partial charge in [0.1, 0.15) is 5.69 Å². The molecule has 4 heteroatoms. The summed E-state index contributed by atoms with van der Waals surface area (Å²) in [7, 11) is 0. The number of nitrogens with one attached hydrogen (secondary N) is 1. The predicted molar refractivity (Wildman–Crippen MR) is 93.0 cm³/mol. The molecule has 4 rings (SSSR count). The molecule has 1 amide bonds. The molecule has 1 aromatic heterocycles. The van der Waals surface area contributed by atoms with Crippen LogP contribution in [0.4, 0.5) is 0 Å². The molecule has 0 spiro atoms. The van der Waals surface area contributed by atoms with Gasteiger partial charge in [0.2, 0.25) is 0 Å². The van der Waals surface area contributed by atoms with E-state index in [4.69, 9.17) is 0 Å². The molecule has 0 bridgehead atoms. The van der Waals surface area contributed by atoms with E-state index in [0.717, 1.165) is 36.4 Å². The summed E-state index contributed by atoms with van der Waals surface area (Å²) in [5, 5.41) is 1.19. The SMILES string of the molecule is Cc1cc(C)c2[nH]c(C(=O)N3CCN4CCC[C@@H]4C3)c(C)c2c1. The van der Waals surface area contributed by atoms with Crippen molar-refractivity contribution in [3.05, 3.63) is 34.5 Å². The quantitative estimate of drug-likeness (QED) is 0.879. The van der Waals surface area contributed by atoms with E-state index in [1.807, 2.05) is 4.90 Å². The van der Waals surface area contributed by atoms with Gasteiger partial charge in [0.05, 0.1) is 0 Å². The average molecular weight is 311 g/mol. The van der Waals surface area contributed by atoms with Crippen molar-refractivity contribution < 1.29 is 4.79 Å². The summed E-state index contributed by atoms with van der Waals surface area (Å²) < 4.78 is 0. The van der Waals surface area contributed by atoms with Gasteiger partial charge in [0.15, 0.2) is 0 Å². The molecule has 2 fully saturated rings. The average Bonchev–Trinajstić information content (AvgIpc) is 3.11. The lowest BCUT2D eigenvalue weighted by atomic mass is 10.1. The Labute approximate surface area is 137 Å². The second-order valence-corrected chi connectivity index (χ2v) is 7.21. The van der Waals surface area contributed by atoms with Crippen LogP contribution in [0, 0.1) is 20.8 Å². The van der Waals surface area contributed by atoms with Crippen LogP contribution in [0.1, 0.15) is 40.0 Å². The van der Waals surface area contributed by atoms with Gasteiger partial charge in [0.25, 0.3) is 5.91 Å². The number of carbonyl (C=O) groups is 1. The van der Waals surface area contributed by atoms with Gasteiger partial charge in [-0.1, -0.05) is 11.6 Å². The van der Waals surface area contributed by atoms with Crippen molar-refractivity contribution in [3.8, 4) is 0 Å². The highest BCUT2D eigenvalue weighted by molar-refractivity contribution is 6.01. The number of aromatic nitrogens is 1. The van der Waals surface area contributed by atoms with E-state index in [1.165, 1.54) is 35.9 Å². The van der Waals surface area contributed by atoms with Gasteiger partial charge in [0, 0.05) is 36.6 Å². The number of nitrogens with zero attached hydrogens (tertiary/aromatic N) is 2. The van der Waals surface area contributed by atoms with Gasteiger partial charge in [-0.05, 0) is 57.4 Å². The van der Waals surface area contributed by atoms with E-state index >= 15 is 0 Å². The first kappa shape index (κ1) is 14.8. The number of carbonyl (C=O) groups excluding carboxylic acids is 1. The number of aryl methyl sites for hydroxylation is 3. The van der Waals surface area contributed by atoms with E-state index in [-0.39, 0.29) is 5.91 Å². The molecule has 2 aliphatic heterocycles. The molecular weight excluding hydrogens is 286 g/mol. The largest absolute Gasteiger partial charge is 0.350 e. The fourth-order valence-electron chi connectivity index (χ4n) is 4.33. The second kappa shape index (κ2) is 5.38. The van der Waals surface area contributed by atoms with Gasteiger partial charge in [-0.15, -0.1) is 0 Å². The van der Waals surface area contributed by atoms with Crippen LogP contribution in [0.5, 0.6) is 0 Å². The first-order valence-electron chi connectivity index (χ1n) is 8.67. The zero-order valence-corrected chi connectivity index (χ0v) is 14.3. The molecule has 3 heterocycles. The predicted octanol–water partition coefficient (Wildman–Crippen LogP) is 3.01. The minimum absolute atomic E-state index is 0.169. The molecular formula is C19H25N3O. The van der Waals surface area contributed by atoms with Gasteiger partial charge in [-0.25, -0.2) is 0 Å². The Balaban J connectivity index is 1.67. The molecule has 1 aromatic carbocycles. The lowest BCUT2D eigenvalue weighted by Gasteiger charge is -2.37. The van der Waals surface area contributed by atoms with Crippen LogP contribution in [0.25, 0.3) is 10.9 Å². The van der Waals surface area contributed by atoms with E-state index in [1.54, 1.807) is 0 Å². The third-order valence-corrected chi connectivity index (χ3v) is 5.60. The maximum Gasteiger partial charge on any atom is 0.270 e. The Kier molecular flexibility index (Phi) is 3.45. The molecule has 0 saturated carbocycles. The molecule has 0 radical (unpaired) electrons. The van der Waals surface area contributed by atoms with E-state index in [2.05, 4.69) is 42.8 Å². The number of amides is 1. The number of H-pyrrole nitrogens is 1. The van der Waals surface area contributed by atoms with Crippen LogP contribution >= 0.6 is 0 Å². The van der Waals surface area contributed by atoms with Crippen molar-refractivity contribution >= 4 is 16.8 Å². The lowest BCUT2D eigenvalue weighted by Crippen LogP contribution is -2.52. The highest BCUT2D eigenvalue weighted by atomic mass is 16.2. The normalized spacial score (nSPS) is 21.9. The Morgan fingerprint density at radius 1 is 1.17 bits per heavy atom. The summed E-state index contributed by atoms with van der Waals surface area (Å²) in [5.41, 5.74) is 5.43. The maximum absolute atomic E-state index is 13.1. The number of piperazine rings is 1. The summed E-state index contributed by atoms with van der Waals surface area (Å²) in [5.74, 6) is 0.169. The number of rotatable bonds is 1. The molecule has 4 nitrogen and oxygen atoms in total. The first-order valence-corrected chi connectivity index (χ1v) is 8.67. The maximum atomic E-state index is 13.1. The number of hydrogen-bond acceptors (Lipinski definition) is 2. The van der Waals surface area contributed by atoms with Gasteiger partial charge in [-0.2, -0.15) is 0 Å². The summed E-state index contributed by atoms with van der Waals surface area (Å²) in [6.45, 7) is 10.2. The molecule has 0 aliphatic carbocycles. The molecule has 122 valence electrons. The first-order chi connectivity index (χ1) is 11.0. The Hall–Kier alpha value is -1.81. The van der Waals surface area contributed by atoms with E-state index in [9.17, 15) is 4.79 Å². The van der Waals surface area contributed by atoms with Crippen LogP contribution in [0.15, 0.2) is 12.1 Å². The Morgan fingerprint density at radius 3 is 2.83 bits per heavy atom. The number of aromatic amines is 1. The summed E-state index contributed by atoms with van der Waals surface area (Å²) in [6, 6.07) is 4.92. The third-order valence-electron chi connectivity index (χ3n) is 5.60. The summed E-state index contributed by atoms with van der Waals surface area (Å²) in [6.07, 6.45) is 2.50. The van der Waals surface area contributed by atoms with Crippen molar-refractivity contribution in [2.24, 2.45) is 0 Å². The Bertz CT molecular complexity index is 777. The molecule has 1 atom stereocenters. The molecule has 2 aliphatic rings. The standard InChI is InChI=1S/C19H25N3O/c1-12-9-13(2)17-16(10-12)14(3)18(20-17)19(23)22-8-7-21-6-4-5-15(21)11-22/h9-10,15,20H,4-8,11H2,1-3H3/t15-/m1/s1. The zero-order valence-electron chi connectivity index (χ0n) is 14.3.